The molecule has 0 rings (SSSR count). The Kier molecular flexibility index (Phi) is 55.5. The predicted octanol–water partition coefficient (Wildman–Crippen LogP) is 18.7. The van der Waals surface area contributed by atoms with Crippen LogP contribution in [0.25, 0.3) is 0 Å². The zero-order valence-electron chi connectivity index (χ0n) is 45.0. The molecule has 6 nitrogen and oxygen atoms in total. The van der Waals surface area contributed by atoms with E-state index in [0.717, 1.165) is 38.5 Å². The first-order valence-corrected chi connectivity index (χ1v) is 30.3. The van der Waals surface area contributed by atoms with Gasteiger partial charge in [-0.2, -0.15) is 0 Å². The van der Waals surface area contributed by atoms with Crippen molar-refractivity contribution in [2.24, 2.45) is 0 Å². The second-order valence-electron chi connectivity index (χ2n) is 21.1. The highest BCUT2D eigenvalue weighted by molar-refractivity contribution is 5.76. The number of hydrogen-bond donors (Lipinski definition) is 3. The van der Waals surface area contributed by atoms with Gasteiger partial charge in [-0.3, -0.25) is 9.59 Å². The average molecular weight is 935 g/mol. The Morgan fingerprint density at radius 2 is 0.621 bits per heavy atom. The first kappa shape index (κ1) is 64.9. The molecule has 0 aliphatic carbocycles. The molecule has 0 aromatic heterocycles. The molecule has 0 aliphatic rings. The number of unbranched alkanes of at least 4 members (excludes halogenated alkanes) is 46. The molecule has 0 saturated carbocycles. The van der Waals surface area contributed by atoms with Crippen molar-refractivity contribution in [1.82, 2.24) is 5.32 Å². The monoisotopic (exact) mass is 934 g/mol. The number of esters is 1. The van der Waals surface area contributed by atoms with Crippen molar-refractivity contribution in [3.05, 3.63) is 0 Å². The van der Waals surface area contributed by atoms with E-state index >= 15 is 0 Å². The van der Waals surface area contributed by atoms with E-state index in [1.54, 1.807) is 0 Å². The first-order chi connectivity index (χ1) is 32.5. The molecular formula is C60H119NO5. The SMILES string of the molecule is CCCCCCCCCCCCCCCCC(=O)OCCCCCCCCCCCCCCCCCCCCCCCCC(=O)NC(CO)C(O)CCCCCCCCCCCCCCC. The van der Waals surface area contributed by atoms with Crippen molar-refractivity contribution in [2.45, 2.75) is 360 Å². The summed E-state index contributed by atoms with van der Waals surface area (Å²) >= 11 is 0. The van der Waals surface area contributed by atoms with Crippen LogP contribution in [0.3, 0.4) is 0 Å². The smallest absolute Gasteiger partial charge is 0.305 e. The summed E-state index contributed by atoms with van der Waals surface area (Å²) in [5.74, 6) is -0.0166. The van der Waals surface area contributed by atoms with Crippen LogP contribution in [0.2, 0.25) is 0 Å². The molecule has 6 heteroatoms. The lowest BCUT2D eigenvalue weighted by molar-refractivity contribution is -0.143. The number of nitrogens with one attached hydrogen (secondary N) is 1. The summed E-state index contributed by atoms with van der Waals surface area (Å²) in [7, 11) is 0. The van der Waals surface area contributed by atoms with E-state index < -0.39 is 12.1 Å². The third-order valence-corrected chi connectivity index (χ3v) is 14.4. The number of carbonyl (C=O) groups is 2. The molecule has 394 valence electrons. The van der Waals surface area contributed by atoms with Crippen LogP contribution >= 0.6 is 0 Å². The third kappa shape index (κ3) is 52.2. The molecule has 3 N–H and O–H groups in total. The van der Waals surface area contributed by atoms with Gasteiger partial charge in [0.25, 0.3) is 0 Å². The van der Waals surface area contributed by atoms with Crippen LogP contribution in [0.4, 0.5) is 0 Å². The molecule has 1 amide bonds. The maximum Gasteiger partial charge on any atom is 0.305 e. The van der Waals surface area contributed by atoms with E-state index in [0.29, 0.717) is 25.9 Å². The first-order valence-electron chi connectivity index (χ1n) is 30.3. The van der Waals surface area contributed by atoms with Crippen molar-refractivity contribution in [2.75, 3.05) is 13.2 Å². The number of hydrogen-bond acceptors (Lipinski definition) is 5. The maximum absolute atomic E-state index is 12.5. The molecule has 0 radical (unpaired) electrons. The lowest BCUT2D eigenvalue weighted by atomic mass is 10.0. The van der Waals surface area contributed by atoms with E-state index in [4.69, 9.17) is 4.74 Å². The summed E-state index contributed by atoms with van der Waals surface area (Å²) in [5, 5.41) is 23.2. The molecule has 0 heterocycles. The quantitative estimate of drug-likeness (QED) is 0.0417. The highest BCUT2D eigenvalue weighted by Crippen LogP contribution is 2.18. The number of ether oxygens (including phenoxy) is 1. The van der Waals surface area contributed by atoms with Crippen LogP contribution in [-0.4, -0.2) is 47.4 Å². The summed E-state index contributed by atoms with van der Waals surface area (Å²) in [6.07, 6.45) is 65.3. The Labute approximate surface area is 413 Å². The maximum atomic E-state index is 12.5. The van der Waals surface area contributed by atoms with Gasteiger partial charge in [0.2, 0.25) is 5.91 Å². The number of aliphatic hydroxyl groups excluding tert-OH is 2. The standard InChI is InChI=1S/C60H119NO5/c1-3-5-7-9-11-13-15-17-30-34-38-42-46-50-54-60(65)66-55-51-47-43-39-35-31-27-25-23-21-19-18-20-22-24-26-29-33-37-41-45-49-53-59(64)61-57(56-62)58(63)52-48-44-40-36-32-28-16-14-12-10-8-6-4-2/h57-58,62-63H,3-56H2,1-2H3,(H,61,64). The fourth-order valence-corrected chi connectivity index (χ4v) is 9.76. The largest absolute Gasteiger partial charge is 0.466 e. The van der Waals surface area contributed by atoms with Gasteiger partial charge in [-0.25, -0.2) is 0 Å². The van der Waals surface area contributed by atoms with Crippen LogP contribution in [0.15, 0.2) is 0 Å². The lowest BCUT2D eigenvalue weighted by Crippen LogP contribution is -2.45. The number of aliphatic hydroxyl groups is 2. The van der Waals surface area contributed by atoms with Gasteiger partial charge in [0, 0.05) is 12.8 Å². The molecule has 0 saturated heterocycles. The van der Waals surface area contributed by atoms with Crippen molar-refractivity contribution >= 4 is 11.9 Å². The Hall–Kier alpha value is -1.14. The van der Waals surface area contributed by atoms with Crippen LogP contribution < -0.4 is 5.32 Å². The van der Waals surface area contributed by atoms with E-state index in [1.165, 1.54) is 276 Å². The topological polar surface area (TPSA) is 95.9 Å². The molecule has 0 spiro atoms. The summed E-state index contributed by atoms with van der Waals surface area (Å²) in [6, 6.07) is -0.539. The summed E-state index contributed by atoms with van der Waals surface area (Å²) in [6.45, 7) is 4.98. The molecule has 0 aliphatic heterocycles. The third-order valence-electron chi connectivity index (χ3n) is 14.4. The minimum absolute atomic E-state index is 0.0164. The zero-order chi connectivity index (χ0) is 47.9. The number of carbonyl (C=O) groups excluding carboxylic acids is 2. The van der Waals surface area contributed by atoms with Gasteiger partial charge < -0.3 is 20.3 Å². The van der Waals surface area contributed by atoms with E-state index in [2.05, 4.69) is 19.2 Å². The summed E-state index contributed by atoms with van der Waals surface area (Å²) in [5.41, 5.74) is 0. The fraction of sp³-hybridized carbons (Fsp3) is 0.967. The van der Waals surface area contributed by atoms with Crippen molar-refractivity contribution < 1.29 is 24.5 Å². The number of rotatable bonds is 57. The highest BCUT2D eigenvalue weighted by atomic mass is 16.5. The Morgan fingerprint density at radius 3 is 0.924 bits per heavy atom. The Balaban J connectivity index is 3.35. The van der Waals surface area contributed by atoms with Crippen LogP contribution in [-0.2, 0) is 14.3 Å². The van der Waals surface area contributed by atoms with Gasteiger partial charge >= 0.3 is 5.97 Å². The molecule has 66 heavy (non-hydrogen) atoms. The van der Waals surface area contributed by atoms with E-state index in [9.17, 15) is 19.8 Å². The summed E-state index contributed by atoms with van der Waals surface area (Å²) < 4.78 is 5.49. The molecule has 0 aromatic carbocycles. The second kappa shape index (κ2) is 56.4. The lowest BCUT2D eigenvalue weighted by Gasteiger charge is -2.22. The fourth-order valence-electron chi connectivity index (χ4n) is 9.76. The van der Waals surface area contributed by atoms with Crippen molar-refractivity contribution in [1.29, 1.82) is 0 Å². The van der Waals surface area contributed by atoms with Gasteiger partial charge in [0.1, 0.15) is 0 Å². The second-order valence-corrected chi connectivity index (χ2v) is 21.1. The minimum Gasteiger partial charge on any atom is -0.466 e. The number of amides is 1. The van der Waals surface area contributed by atoms with Gasteiger partial charge in [-0.05, 0) is 25.7 Å². The normalized spacial score (nSPS) is 12.5. The molecule has 0 bridgehead atoms. The van der Waals surface area contributed by atoms with E-state index in [-0.39, 0.29) is 18.5 Å². The highest BCUT2D eigenvalue weighted by Gasteiger charge is 2.20. The van der Waals surface area contributed by atoms with Crippen LogP contribution in [0, 0.1) is 0 Å². The minimum atomic E-state index is -0.662. The summed E-state index contributed by atoms with van der Waals surface area (Å²) in [4.78, 5) is 24.5. The molecular weight excluding hydrogens is 815 g/mol. The molecule has 2 unspecified atom stereocenters. The van der Waals surface area contributed by atoms with Crippen molar-refractivity contribution in [3.63, 3.8) is 0 Å². The van der Waals surface area contributed by atoms with Gasteiger partial charge in [-0.1, -0.05) is 309 Å². The van der Waals surface area contributed by atoms with Gasteiger partial charge in [0.15, 0.2) is 0 Å². The molecule has 0 aromatic rings. The van der Waals surface area contributed by atoms with Gasteiger partial charge in [-0.15, -0.1) is 0 Å². The Bertz CT molecular complexity index is 944. The zero-order valence-corrected chi connectivity index (χ0v) is 45.0. The average Bonchev–Trinajstić information content (AvgIpc) is 3.32. The van der Waals surface area contributed by atoms with Crippen molar-refractivity contribution in [3.8, 4) is 0 Å². The van der Waals surface area contributed by atoms with Gasteiger partial charge in [0.05, 0.1) is 25.4 Å². The van der Waals surface area contributed by atoms with Crippen LogP contribution in [0.5, 0.6) is 0 Å². The molecule has 0 fully saturated rings. The Morgan fingerprint density at radius 1 is 0.364 bits per heavy atom. The van der Waals surface area contributed by atoms with E-state index in [1.807, 2.05) is 0 Å². The predicted molar refractivity (Wildman–Crippen MR) is 287 cm³/mol. The molecule has 2 atom stereocenters. The van der Waals surface area contributed by atoms with Crippen LogP contribution in [0.1, 0.15) is 348 Å².